The van der Waals surface area contributed by atoms with Gasteiger partial charge in [0.15, 0.2) is 0 Å². The lowest BCUT2D eigenvalue weighted by molar-refractivity contribution is 0.581. The Kier molecular flexibility index (Phi) is 3.01. The molecule has 2 rings (SSSR count). The molecule has 1 saturated carbocycles. The van der Waals surface area contributed by atoms with Crippen LogP contribution < -0.4 is 10.5 Å². The summed E-state index contributed by atoms with van der Waals surface area (Å²) in [7, 11) is -3.33. The molecule has 0 amide bonds. The molecule has 1 aliphatic carbocycles. The first-order valence-corrected chi connectivity index (χ1v) is 6.85. The minimum absolute atomic E-state index is 0.0758. The number of hydrogen-bond acceptors (Lipinski definition) is 3. The van der Waals surface area contributed by atoms with Gasteiger partial charge < -0.3 is 5.73 Å². The van der Waals surface area contributed by atoms with E-state index < -0.39 is 10.0 Å². The fourth-order valence-electron chi connectivity index (χ4n) is 1.44. The lowest BCUT2D eigenvalue weighted by Gasteiger charge is -2.08. The summed E-state index contributed by atoms with van der Waals surface area (Å²) in [5, 5.41) is 0. The van der Waals surface area contributed by atoms with E-state index in [9.17, 15) is 8.42 Å². The van der Waals surface area contributed by atoms with Gasteiger partial charge in [0.1, 0.15) is 0 Å². The van der Waals surface area contributed by atoms with Crippen LogP contribution in [0.25, 0.3) is 0 Å². The predicted octanol–water partition coefficient (Wildman–Crippen LogP) is 1.15. The maximum absolute atomic E-state index is 11.8. The van der Waals surface area contributed by atoms with Crippen molar-refractivity contribution in [1.82, 2.24) is 4.72 Å². The molecule has 1 aliphatic rings. The minimum atomic E-state index is -3.33. The number of rotatable bonds is 4. The van der Waals surface area contributed by atoms with Gasteiger partial charge in [-0.25, -0.2) is 13.1 Å². The zero-order chi connectivity index (χ0) is 11.8. The number of hydrogen-bond donors (Lipinski definition) is 2. The van der Waals surface area contributed by atoms with E-state index in [1.807, 2.05) is 6.92 Å². The van der Waals surface area contributed by atoms with E-state index in [1.165, 1.54) is 0 Å². The summed E-state index contributed by atoms with van der Waals surface area (Å²) in [4.78, 5) is 0.309. The van der Waals surface area contributed by atoms with Crippen molar-refractivity contribution in [3.63, 3.8) is 0 Å². The van der Waals surface area contributed by atoms with Gasteiger partial charge in [-0.05, 0) is 37.5 Å². The van der Waals surface area contributed by atoms with E-state index in [2.05, 4.69) is 4.72 Å². The molecule has 1 atom stereocenters. The largest absolute Gasteiger partial charge is 0.324 e. The molecule has 0 heterocycles. The van der Waals surface area contributed by atoms with E-state index >= 15 is 0 Å². The van der Waals surface area contributed by atoms with E-state index in [4.69, 9.17) is 5.73 Å². The Balaban J connectivity index is 2.19. The SMILES string of the molecule is CC(N)c1ccc(S(=O)(=O)NC2CC2)cc1. The highest BCUT2D eigenvalue weighted by Gasteiger charge is 2.27. The highest BCUT2D eigenvalue weighted by molar-refractivity contribution is 7.89. The molecule has 0 spiro atoms. The fraction of sp³-hybridized carbons (Fsp3) is 0.455. The van der Waals surface area contributed by atoms with E-state index in [-0.39, 0.29) is 12.1 Å². The van der Waals surface area contributed by atoms with Crippen LogP contribution >= 0.6 is 0 Å². The average molecular weight is 240 g/mol. The number of nitrogens with two attached hydrogens (primary N) is 1. The molecule has 0 aliphatic heterocycles. The van der Waals surface area contributed by atoms with Gasteiger partial charge in [-0.1, -0.05) is 12.1 Å². The van der Waals surface area contributed by atoms with Crippen molar-refractivity contribution in [2.24, 2.45) is 5.73 Å². The molecule has 4 nitrogen and oxygen atoms in total. The zero-order valence-electron chi connectivity index (χ0n) is 9.18. The molecule has 3 N–H and O–H groups in total. The van der Waals surface area contributed by atoms with Crippen LogP contribution in [0.3, 0.4) is 0 Å². The van der Waals surface area contributed by atoms with Crippen molar-refractivity contribution >= 4 is 10.0 Å². The summed E-state index contributed by atoms with van der Waals surface area (Å²) < 4.78 is 26.3. The summed E-state index contributed by atoms with van der Waals surface area (Å²) >= 11 is 0. The van der Waals surface area contributed by atoms with E-state index in [0.29, 0.717) is 4.90 Å². The van der Waals surface area contributed by atoms with Crippen LogP contribution in [0.1, 0.15) is 31.4 Å². The lowest BCUT2D eigenvalue weighted by atomic mass is 10.1. The first-order valence-electron chi connectivity index (χ1n) is 5.37. The van der Waals surface area contributed by atoms with Crippen LogP contribution in [-0.4, -0.2) is 14.5 Å². The maximum atomic E-state index is 11.8. The second-order valence-electron chi connectivity index (χ2n) is 4.25. The third kappa shape index (κ3) is 2.61. The highest BCUT2D eigenvalue weighted by atomic mass is 32.2. The smallest absolute Gasteiger partial charge is 0.240 e. The topological polar surface area (TPSA) is 72.2 Å². The van der Waals surface area contributed by atoms with E-state index in [1.54, 1.807) is 24.3 Å². The Bertz CT molecular complexity index is 461. The average Bonchev–Trinajstić information content (AvgIpc) is 3.01. The minimum Gasteiger partial charge on any atom is -0.324 e. The molecule has 1 aromatic rings. The van der Waals surface area contributed by atoms with E-state index in [0.717, 1.165) is 18.4 Å². The van der Waals surface area contributed by atoms with Crippen LogP contribution in [0.2, 0.25) is 0 Å². The van der Waals surface area contributed by atoms with Gasteiger partial charge in [0.2, 0.25) is 10.0 Å². The highest BCUT2D eigenvalue weighted by Crippen LogP contribution is 2.22. The van der Waals surface area contributed by atoms with Crippen molar-refractivity contribution in [3.8, 4) is 0 Å². The molecule has 0 saturated heterocycles. The van der Waals surface area contributed by atoms with Crippen LogP contribution in [0.5, 0.6) is 0 Å². The second kappa shape index (κ2) is 4.16. The van der Waals surface area contributed by atoms with Gasteiger partial charge in [0.25, 0.3) is 0 Å². The summed E-state index contributed by atoms with van der Waals surface area (Å²) in [6.45, 7) is 1.87. The normalized spacial score (nSPS) is 18.4. The summed E-state index contributed by atoms with van der Waals surface area (Å²) in [5.74, 6) is 0. The monoisotopic (exact) mass is 240 g/mol. The third-order valence-electron chi connectivity index (χ3n) is 2.62. The Morgan fingerprint density at radius 3 is 2.31 bits per heavy atom. The number of nitrogens with one attached hydrogen (secondary N) is 1. The van der Waals surface area contributed by atoms with Crippen molar-refractivity contribution in [1.29, 1.82) is 0 Å². The zero-order valence-corrected chi connectivity index (χ0v) is 10.00. The predicted molar refractivity (Wildman–Crippen MR) is 62.4 cm³/mol. The molecule has 0 bridgehead atoms. The van der Waals surface area contributed by atoms with Crippen LogP contribution in [0, 0.1) is 0 Å². The summed E-state index contributed by atoms with van der Waals surface area (Å²) in [5.41, 5.74) is 6.63. The lowest BCUT2D eigenvalue weighted by Crippen LogP contribution is -2.25. The fourth-order valence-corrected chi connectivity index (χ4v) is 2.74. The molecule has 0 aromatic heterocycles. The molecule has 0 radical (unpaired) electrons. The third-order valence-corrected chi connectivity index (χ3v) is 4.15. The Hall–Kier alpha value is -0.910. The molecule has 1 aromatic carbocycles. The van der Waals surface area contributed by atoms with Gasteiger partial charge in [0.05, 0.1) is 4.90 Å². The maximum Gasteiger partial charge on any atom is 0.240 e. The molecule has 5 heteroatoms. The number of benzene rings is 1. The molecule has 88 valence electrons. The first-order chi connectivity index (χ1) is 7.49. The van der Waals surface area contributed by atoms with Crippen LogP contribution in [0.15, 0.2) is 29.2 Å². The van der Waals surface area contributed by atoms with Gasteiger partial charge in [-0.2, -0.15) is 0 Å². The molecular weight excluding hydrogens is 224 g/mol. The standard InChI is InChI=1S/C11H16N2O2S/c1-8(12)9-2-6-11(7-3-9)16(14,15)13-10-4-5-10/h2-3,6-8,10,13H,4-5,12H2,1H3. The van der Waals surface area contributed by atoms with Crippen molar-refractivity contribution < 1.29 is 8.42 Å². The molecule has 1 fully saturated rings. The molecule has 1 unspecified atom stereocenters. The Labute approximate surface area is 95.9 Å². The second-order valence-corrected chi connectivity index (χ2v) is 5.97. The first kappa shape index (κ1) is 11.6. The summed E-state index contributed by atoms with van der Waals surface area (Å²) in [6, 6.07) is 6.77. The van der Waals surface area contributed by atoms with Crippen molar-refractivity contribution in [2.45, 2.75) is 36.7 Å². The van der Waals surface area contributed by atoms with Crippen molar-refractivity contribution in [2.75, 3.05) is 0 Å². The Morgan fingerprint density at radius 2 is 1.88 bits per heavy atom. The van der Waals surface area contributed by atoms with Gasteiger partial charge in [-0.15, -0.1) is 0 Å². The molecule has 16 heavy (non-hydrogen) atoms. The van der Waals surface area contributed by atoms with Crippen LogP contribution in [0.4, 0.5) is 0 Å². The summed E-state index contributed by atoms with van der Waals surface area (Å²) in [6.07, 6.45) is 1.88. The van der Waals surface area contributed by atoms with Crippen LogP contribution in [-0.2, 0) is 10.0 Å². The van der Waals surface area contributed by atoms with Gasteiger partial charge >= 0.3 is 0 Å². The quantitative estimate of drug-likeness (QED) is 0.829. The van der Waals surface area contributed by atoms with Gasteiger partial charge in [-0.3, -0.25) is 0 Å². The van der Waals surface area contributed by atoms with Gasteiger partial charge in [0, 0.05) is 12.1 Å². The Morgan fingerprint density at radius 1 is 1.31 bits per heavy atom. The van der Waals surface area contributed by atoms with Crippen molar-refractivity contribution in [3.05, 3.63) is 29.8 Å². The number of sulfonamides is 1. The molecular formula is C11H16N2O2S.